The van der Waals surface area contributed by atoms with E-state index in [0.29, 0.717) is 10.2 Å². The van der Waals surface area contributed by atoms with Crippen molar-refractivity contribution in [2.24, 2.45) is 0 Å². The van der Waals surface area contributed by atoms with Gasteiger partial charge in [-0.05, 0) is 22.0 Å². The van der Waals surface area contributed by atoms with E-state index in [-0.39, 0.29) is 22.6 Å². The zero-order valence-corrected chi connectivity index (χ0v) is 13.3. The molecule has 2 aromatic rings. The SMILES string of the molecule is COC(=O)c1c(N)c(C#N)cn1-c1cc(OC)c(Br)cc1F. The van der Waals surface area contributed by atoms with Crippen molar-refractivity contribution in [1.29, 1.82) is 5.26 Å². The van der Waals surface area contributed by atoms with Crippen LogP contribution in [0.25, 0.3) is 5.69 Å². The Kier molecular flexibility index (Phi) is 4.37. The molecular formula is C14H11BrFN3O3. The number of methoxy groups -OCH3 is 2. The van der Waals surface area contributed by atoms with Gasteiger partial charge < -0.3 is 19.8 Å². The predicted molar refractivity (Wildman–Crippen MR) is 80.4 cm³/mol. The Balaban J connectivity index is 2.78. The lowest BCUT2D eigenvalue weighted by molar-refractivity contribution is 0.0593. The fraction of sp³-hybridized carbons (Fsp3) is 0.143. The molecule has 6 nitrogen and oxygen atoms in total. The first kappa shape index (κ1) is 15.9. The molecule has 0 saturated carbocycles. The number of nitrogens with zero attached hydrogens (tertiary/aromatic N) is 2. The van der Waals surface area contributed by atoms with Crippen LogP contribution in [0.5, 0.6) is 5.75 Å². The molecule has 1 aromatic carbocycles. The molecule has 0 amide bonds. The van der Waals surface area contributed by atoms with Gasteiger partial charge >= 0.3 is 5.97 Å². The van der Waals surface area contributed by atoms with Gasteiger partial charge in [-0.25, -0.2) is 9.18 Å². The van der Waals surface area contributed by atoms with Crippen LogP contribution in [0.1, 0.15) is 16.1 Å². The number of ether oxygens (including phenoxy) is 2. The number of nitrogens with two attached hydrogens (primary N) is 1. The first-order chi connectivity index (χ1) is 10.4. The number of carbonyl (C=O) groups is 1. The Labute approximate surface area is 134 Å². The standard InChI is InChI=1S/C14H11BrFN3O3/c1-21-11-4-10(9(16)3-8(11)15)19-6-7(5-17)12(18)13(19)14(20)22-2/h3-4,6H,18H2,1-2H3. The van der Waals surface area contributed by atoms with Gasteiger partial charge in [-0.3, -0.25) is 0 Å². The summed E-state index contributed by atoms with van der Waals surface area (Å²) >= 11 is 3.17. The minimum atomic E-state index is -0.778. The van der Waals surface area contributed by atoms with Gasteiger partial charge in [0, 0.05) is 12.3 Å². The molecule has 0 aliphatic carbocycles. The summed E-state index contributed by atoms with van der Waals surface area (Å²) in [6, 6.07) is 4.42. The largest absolute Gasteiger partial charge is 0.495 e. The van der Waals surface area contributed by atoms with Crippen molar-refractivity contribution in [2.75, 3.05) is 20.0 Å². The van der Waals surface area contributed by atoms with Crippen LogP contribution in [0, 0.1) is 17.1 Å². The number of anilines is 1. The first-order valence-corrected chi connectivity index (χ1v) is 6.76. The lowest BCUT2D eigenvalue weighted by atomic mass is 10.2. The first-order valence-electron chi connectivity index (χ1n) is 5.97. The number of aromatic nitrogens is 1. The third kappa shape index (κ3) is 2.51. The second kappa shape index (κ2) is 6.07. The van der Waals surface area contributed by atoms with Crippen molar-refractivity contribution in [3.8, 4) is 17.5 Å². The number of carbonyl (C=O) groups excluding carboxylic acids is 1. The summed E-state index contributed by atoms with van der Waals surface area (Å²) < 4.78 is 25.6. The average molecular weight is 368 g/mol. The zero-order valence-electron chi connectivity index (χ0n) is 11.7. The minimum absolute atomic E-state index is 0.00801. The Morgan fingerprint density at radius 2 is 2.14 bits per heavy atom. The van der Waals surface area contributed by atoms with Gasteiger partial charge in [-0.15, -0.1) is 0 Å². The van der Waals surface area contributed by atoms with E-state index in [1.54, 1.807) is 0 Å². The van der Waals surface area contributed by atoms with Gasteiger partial charge in [0.25, 0.3) is 0 Å². The van der Waals surface area contributed by atoms with E-state index in [4.69, 9.17) is 15.7 Å². The molecule has 0 fully saturated rings. The molecule has 114 valence electrons. The van der Waals surface area contributed by atoms with Crippen molar-refractivity contribution >= 4 is 27.6 Å². The molecule has 0 aliphatic rings. The lowest BCUT2D eigenvalue weighted by Gasteiger charge is -2.12. The second-order valence-electron chi connectivity index (χ2n) is 4.22. The van der Waals surface area contributed by atoms with Crippen molar-refractivity contribution in [3.05, 3.63) is 39.9 Å². The van der Waals surface area contributed by atoms with Crippen LogP contribution in [0.2, 0.25) is 0 Å². The summed E-state index contributed by atoms with van der Waals surface area (Å²) in [7, 11) is 2.59. The van der Waals surface area contributed by atoms with Crippen molar-refractivity contribution in [1.82, 2.24) is 4.57 Å². The summed E-state index contributed by atoms with van der Waals surface area (Å²) in [5.41, 5.74) is 5.63. The summed E-state index contributed by atoms with van der Waals surface area (Å²) in [6.45, 7) is 0. The van der Waals surface area contributed by atoms with Gasteiger partial charge in [-0.1, -0.05) is 0 Å². The van der Waals surface area contributed by atoms with E-state index >= 15 is 0 Å². The molecular weight excluding hydrogens is 357 g/mol. The molecule has 0 bridgehead atoms. The molecule has 2 N–H and O–H groups in total. The van der Waals surface area contributed by atoms with E-state index in [1.165, 1.54) is 37.1 Å². The van der Waals surface area contributed by atoms with Gasteiger partial charge in [0.2, 0.25) is 0 Å². The molecule has 2 rings (SSSR count). The van der Waals surface area contributed by atoms with Crippen molar-refractivity contribution in [3.63, 3.8) is 0 Å². The van der Waals surface area contributed by atoms with Crippen LogP contribution in [0.15, 0.2) is 22.8 Å². The maximum absolute atomic E-state index is 14.3. The van der Waals surface area contributed by atoms with Crippen LogP contribution < -0.4 is 10.5 Å². The Hall–Kier alpha value is -2.53. The number of hydrogen-bond acceptors (Lipinski definition) is 5. The fourth-order valence-corrected chi connectivity index (χ4v) is 2.44. The third-order valence-corrected chi connectivity index (χ3v) is 3.64. The second-order valence-corrected chi connectivity index (χ2v) is 5.07. The van der Waals surface area contributed by atoms with Gasteiger partial charge in [0.15, 0.2) is 5.69 Å². The van der Waals surface area contributed by atoms with Crippen LogP contribution in [-0.4, -0.2) is 24.8 Å². The average Bonchev–Trinajstić information content (AvgIpc) is 2.83. The summed E-state index contributed by atoms with van der Waals surface area (Å²) in [4.78, 5) is 11.9. The van der Waals surface area contributed by atoms with Crippen LogP contribution in [0.3, 0.4) is 0 Å². The summed E-state index contributed by atoms with van der Waals surface area (Å²) in [5.74, 6) is -1.05. The Morgan fingerprint density at radius 1 is 1.45 bits per heavy atom. The van der Waals surface area contributed by atoms with E-state index in [9.17, 15) is 9.18 Å². The van der Waals surface area contributed by atoms with E-state index in [2.05, 4.69) is 20.7 Å². The van der Waals surface area contributed by atoms with E-state index in [0.717, 1.165) is 0 Å². The highest BCUT2D eigenvalue weighted by Gasteiger charge is 2.24. The number of hydrogen-bond donors (Lipinski definition) is 1. The van der Waals surface area contributed by atoms with Gasteiger partial charge in [-0.2, -0.15) is 5.26 Å². The topological polar surface area (TPSA) is 90.3 Å². The predicted octanol–water partition coefficient (Wildman–Crippen LogP) is 2.63. The third-order valence-electron chi connectivity index (χ3n) is 3.02. The molecule has 0 radical (unpaired) electrons. The molecule has 0 saturated heterocycles. The zero-order chi connectivity index (χ0) is 16.4. The van der Waals surface area contributed by atoms with E-state index in [1.807, 2.05) is 6.07 Å². The van der Waals surface area contributed by atoms with Crippen molar-refractivity contribution < 1.29 is 18.7 Å². The molecule has 0 unspecified atom stereocenters. The molecule has 0 spiro atoms. The smallest absolute Gasteiger partial charge is 0.357 e. The van der Waals surface area contributed by atoms with Crippen molar-refractivity contribution in [2.45, 2.75) is 0 Å². The van der Waals surface area contributed by atoms with Crippen LogP contribution >= 0.6 is 15.9 Å². The highest BCUT2D eigenvalue weighted by atomic mass is 79.9. The van der Waals surface area contributed by atoms with Crippen LogP contribution in [-0.2, 0) is 4.74 Å². The number of rotatable bonds is 3. The summed E-state index contributed by atoms with van der Waals surface area (Å²) in [5, 5.41) is 9.05. The number of esters is 1. The molecule has 22 heavy (non-hydrogen) atoms. The molecule has 1 heterocycles. The molecule has 0 aliphatic heterocycles. The van der Waals surface area contributed by atoms with Gasteiger partial charge in [0.05, 0.1) is 35.6 Å². The number of benzene rings is 1. The molecule has 8 heteroatoms. The molecule has 0 atom stereocenters. The Morgan fingerprint density at radius 3 is 2.68 bits per heavy atom. The maximum atomic E-state index is 14.3. The highest BCUT2D eigenvalue weighted by molar-refractivity contribution is 9.10. The maximum Gasteiger partial charge on any atom is 0.357 e. The number of nitrogen functional groups attached to an aromatic ring is 1. The molecule has 1 aromatic heterocycles. The summed E-state index contributed by atoms with van der Waals surface area (Å²) in [6.07, 6.45) is 1.27. The number of halogens is 2. The Bertz CT molecular complexity index is 796. The fourth-order valence-electron chi connectivity index (χ4n) is 1.96. The number of nitriles is 1. The minimum Gasteiger partial charge on any atom is -0.495 e. The van der Waals surface area contributed by atoms with Gasteiger partial charge in [0.1, 0.15) is 17.6 Å². The normalized spacial score (nSPS) is 10.1. The quantitative estimate of drug-likeness (QED) is 0.842. The highest BCUT2D eigenvalue weighted by Crippen LogP contribution is 2.32. The van der Waals surface area contributed by atoms with E-state index < -0.39 is 11.8 Å². The monoisotopic (exact) mass is 367 g/mol. The van der Waals surface area contributed by atoms with Crippen LogP contribution in [0.4, 0.5) is 10.1 Å². The lowest BCUT2D eigenvalue weighted by Crippen LogP contribution is -2.12.